The maximum absolute atomic E-state index is 12.5. The van der Waals surface area contributed by atoms with Crippen LogP contribution in [0.1, 0.15) is 12.0 Å². The van der Waals surface area contributed by atoms with Gasteiger partial charge in [-0.05, 0) is 36.8 Å². The lowest BCUT2D eigenvalue weighted by Crippen LogP contribution is -2.40. The standard InChI is InChI=1S/C17H16N2O3/c1-12-6-5-9-14(10-12)18-16(20)11-15(17(18)21)19(22)13-7-3-2-4-8-13/h2-10,15,22H,11H2,1H3/t15-/m1/s1. The molecule has 1 atom stereocenters. The topological polar surface area (TPSA) is 60.9 Å². The molecule has 1 saturated heterocycles. The Morgan fingerprint density at radius 3 is 2.50 bits per heavy atom. The fourth-order valence-corrected chi connectivity index (χ4v) is 2.61. The van der Waals surface area contributed by atoms with E-state index in [0.717, 1.165) is 15.5 Å². The molecule has 2 amide bonds. The first-order valence-corrected chi connectivity index (χ1v) is 7.04. The Morgan fingerprint density at radius 2 is 1.82 bits per heavy atom. The molecule has 0 spiro atoms. The van der Waals surface area contributed by atoms with E-state index >= 15 is 0 Å². The summed E-state index contributed by atoms with van der Waals surface area (Å²) in [6.07, 6.45) is -0.0435. The number of hydrogen-bond acceptors (Lipinski definition) is 4. The van der Waals surface area contributed by atoms with Gasteiger partial charge >= 0.3 is 0 Å². The van der Waals surface area contributed by atoms with Crippen LogP contribution in [-0.4, -0.2) is 23.1 Å². The molecule has 1 fully saturated rings. The third-order valence-electron chi connectivity index (χ3n) is 3.70. The number of amides is 2. The lowest BCUT2D eigenvalue weighted by atomic mass is 10.2. The largest absolute Gasteiger partial charge is 0.288 e. The van der Waals surface area contributed by atoms with Crippen LogP contribution in [-0.2, 0) is 9.59 Å². The van der Waals surface area contributed by atoms with Crippen molar-refractivity contribution < 1.29 is 14.8 Å². The van der Waals surface area contributed by atoms with Gasteiger partial charge in [-0.3, -0.25) is 14.8 Å². The third kappa shape index (κ3) is 2.46. The van der Waals surface area contributed by atoms with Gasteiger partial charge in [0.25, 0.3) is 5.91 Å². The molecule has 0 saturated carbocycles. The van der Waals surface area contributed by atoms with Crippen LogP contribution >= 0.6 is 0 Å². The van der Waals surface area contributed by atoms with Crippen LogP contribution in [0.5, 0.6) is 0 Å². The maximum Gasteiger partial charge on any atom is 0.259 e. The van der Waals surface area contributed by atoms with Gasteiger partial charge in [0.05, 0.1) is 17.8 Å². The van der Waals surface area contributed by atoms with E-state index in [-0.39, 0.29) is 12.3 Å². The second-order valence-corrected chi connectivity index (χ2v) is 5.31. The first-order valence-electron chi connectivity index (χ1n) is 7.04. The lowest BCUT2D eigenvalue weighted by Gasteiger charge is -2.22. The van der Waals surface area contributed by atoms with Crippen LogP contribution in [0.4, 0.5) is 11.4 Å². The molecule has 0 bridgehead atoms. The van der Waals surface area contributed by atoms with Crippen molar-refractivity contribution in [2.24, 2.45) is 0 Å². The number of hydroxylamine groups is 1. The maximum atomic E-state index is 12.5. The average Bonchev–Trinajstić information content (AvgIpc) is 2.82. The first-order chi connectivity index (χ1) is 10.6. The van der Waals surface area contributed by atoms with Crippen LogP contribution in [0.3, 0.4) is 0 Å². The highest BCUT2D eigenvalue weighted by molar-refractivity contribution is 6.23. The molecule has 1 aliphatic heterocycles. The van der Waals surface area contributed by atoms with Gasteiger partial charge in [0.15, 0.2) is 0 Å². The Bertz CT molecular complexity index is 715. The SMILES string of the molecule is Cc1cccc(N2C(=O)C[C@@H](N(O)c3ccccc3)C2=O)c1. The Hall–Kier alpha value is -2.66. The van der Waals surface area contributed by atoms with Crippen molar-refractivity contribution in [3.05, 3.63) is 60.2 Å². The van der Waals surface area contributed by atoms with Crippen LogP contribution in [0, 0.1) is 6.92 Å². The molecule has 0 unspecified atom stereocenters. The van der Waals surface area contributed by atoms with Crippen molar-refractivity contribution in [2.45, 2.75) is 19.4 Å². The average molecular weight is 296 g/mol. The van der Waals surface area contributed by atoms with E-state index in [1.165, 1.54) is 0 Å². The molecule has 5 heteroatoms. The smallest absolute Gasteiger partial charge is 0.259 e. The number of benzene rings is 2. The molecule has 5 nitrogen and oxygen atoms in total. The Balaban J connectivity index is 1.89. The zero-order valence-corrected chi connectivity index (χ0v) is 12.1. The molecule has 112 valence electrons. The highest BCUT2D eigenvalue weighted by Crippen LogP contribution is 2.28. The van der Waals surface area contributed by atoms with Gasteiger partial charge in [0.1, 0.15) is 6.04 Å². The van der Waals surface area contributed by atoms with Crippen LogP contribution in [0.15, 0.2) is 54.6 Å². The van der Waals surface area contributed by atoms with E-state index in [1.807, 2.05) is 19.1 Å². The molecule has 0 aliphatic carbocycles. The summed E-state index contributed by atoms with van der Waals surface area (Å²) in [6.45, 7) is 1.90. The van der Waals surface area contributed by atoms with Crippen LogP contribution in [0.2, 0.25) is 0 Å². The number of rotatable bonds is 3. The summed E-state index contributed by atoms with van der Waals surface area (Å²) < 4.78 is 0. The fraction of sp³-hybridized carbons (Fsp3) is 0.176. The summed E-state index contributed by atoms with van der Waals surface area (Å²) in [6, 6.07) is 15.0. The third-order valence-corrected chi connectivity index (χ3v) is 3.70. The van der Waals surface area contributed by atoms with Crippen molar-refractivity contribution in [1.29, 1.82) is 0 Å². The van der Waals surface area contributed by atoms with Crippen LogP contribution < -0.4 is 9.96 Å². The second kappa shape index (κ2) is 5.61. The van der Waals surface area contributed by atoms with Crippen molar-refractivity contribution in [2.75, 3.05) is 9.96 Å². The van der Waals surface area contributed by atoms with Gasteiger partial charge in [0, 0.05) is 0 Å². The highest BCUT2D eigenvalue weighted by Gasteiger charge is 2.43. The predicted molar refractivity (Wildman–Crippen MR) is 82.8 cm³/mol. The lowest BCUT2D eigenvalue weighted by molar-refractivity contribution is -0.121. The minimum Gasteiger partial charge on any atom is -0.288 e. The van der Waals surface area contributed by atoms with Crippen molar-refractivity contribution in [1.82, 2.24) is 0 Å². The number of imide groups is 1. The summed E-state index contributed by atoms with van der Waals surface area (Å²) in [5.74, 6) is -0.725. The normalized spacial score (nSPS) is 17.9. The summed E-state index contributed by atoms with van der Waals surface area (Å²) in [7, 11) is 0. The molecule has 1 aliphatic rings. The highest BCUT2D eigenvalue weighted by atomic mass is 16.5. The molecule has 2 aromatic rings. The number of nitrogens with zero attached hydrogens (tertiary/aromatic N) is 2. The predicted octanol–water partition coefficient (Wildman–Crippen LogP) is 2.52. The quantitative estimate of drug-likeness (QED) is 0.698. The number of para-hydroxylation sites is 1. The second-order valence-electron chi connectivity index (χ2n) is 5.31. The van der Waals surface area contributed by atoms with Gasteiger partial charge in [-0.25, -0.2) is 9.96 Å². The zero-order chi connectivity index (χ0) is 15.7. The Labute approximate surface area is 128 Å². The van der Waals surface area contributed by atoms with Crippen molar-refractivity contribution >= 4 is 23.2 Å². The van der Waals surface area contributed by atoms with Gasteiger partial charge in [-0.1, -0.05) is 30.3 Å². The zero-order valence-electron chi connectivity index (χ0n) is 12.1. The number of aryl methyl sites for hydroxylation is 1. The molecule has 2 aromatic carbocycles. The summed E-state index contributed by atoms with van der Waals surface area (Å²) >= 11 is 0. The number of hydrogen-bond donors (Lipinski definition) is 1. The van der Waals surface area contributed by atoms with E-state index in [4.69, 9.17) is 0 Å². The van der Waals surface area contributed by atoms with E-state index in [1.54, 1.807) is 42.5 Å². The van der Waals surface area contributed by atoms with Gasteiger partial charge in [0.2, 0.25) is 5.91 Å². The fourth-order valence-electron chi connectivity index (χ4n) is 2.61. The summed E-state index contributed by atoms with van der Waals surface area (Å²) in [5, 5.41) is 11.1. The summed E-state index contributed by atoms with van der Waals surface area (Å²) in [5.41, 5.74) is 1.99. The molecule has 1 N–H and O–H groups in total. The minimum atomic E-state index is -0.893. The monoisotopic (exact) mass is 296 g/mol. The van der Waals surface area contributed by atoms with E-state index in [0.29, 0.717) is 11.4 Å². The molecule has 1 heterocycles. The Kier molecular flexibility index (Phi) is 3.65. The summed E-state index contributed by atoms with van der Waals surface area (Å²) in [4.78, 5) is 25.9. The molecule has 22 heavy (non-hydrogen) atoms. The number of anilines is 2. The van der Waals surface area contributed by atoms with Gasteiger partial charge < -0.3 is 0 Å². The van der Waals surface area contributed by atoms with E-state index in [9.17, 15) is 14.8 Å². The molecule has 0 radical (unpaired) electrons. The molecular weight excluding hydrogens is 280 g/mol. The minimum absolute atomic E-state index is 0.0435. The van der Waals surface area contributed by atoms with Crippen molar-refractivity contribution in [3.63, 3.8) is 0 Å². The van der Waals surface area contributed by atoms with E-state index in [2.05, 4.69) is 0 Å². The molecular formula is C17H16N2O3. The number of carbonyl (C=O) groups excluding carboxylic acids is 2. The number of carbonyl (C=O) groups is 2. The van der Waals surface area contributed by atoms with Gasteiger partial charge in [-0.2, -0.15) is 0 Å². The van der Waals surface area contributed by atoms with Gasteiger partial charge in [-0.15, -0.1) is 0 Å². The van der Waals surface area contributed by atoms with E-state index < -0.39 is 11.9 Å². The molecule has 3 rings (SSSR count). The Morgan fingerprint density at radius 1 is 1.09 bits per heavy atom. The molecule has 0 aromatic heterocycles. The van der Waals surface area contributed by atoms with Crippen molar-refractivity contribution in [3.8, 4) is 0 Å². The van der Waals surface area contributed by atoms with Crippen LogP contribution in [0.25, 0.3) is 0 Å². The first kappa shape index (κ1) is 14.3.